The zero-order valence-corrected chi connectivity index (χ0v) is 9.98. The molecule has 2 nitrogen and oxygen atoms in total. The van der Waals surface area contributed by atoms with Gasteiger partial charge in [-0.1, -0.05) is 23.4 Å². The van der Waals surface area contributed by atoms with Crippen LogP contribution in [0.4, 0.5) is 5.69 Å². The van der Waals surface area contributed by atoms with Gasteiger partial charge >= 0.3 is 0 Å². The third kappa shape index (κ3) is 3.59. The van der Waals surface area contributed by atoms with Crippen molar-refractivity contribution in [1.82, 2.24) is 0 Å². The summed E-state index contributed by atoms with van der Waals surface area (Å²) < 4.78 is 5.52. The van der Waals surface area contributed by atoms with Crippen molar-refractivity contribution in [3.05, 3.63) is 23.2 Å². The highest BCUT2D eigenvalue weighted by atomic mass is 35.5. The summed E-state index contributed by atoms with van der Waals surface area (Å²) in [5.41, 5.74) is 6.30. The van der Waals surface area contributed by atoms with Gasteiger partial charge in [0, 0.05) is 10.6 Å². The van der Waals surface area contributed by atoms with E-state index in [2.05, 4.69) is 0 Å². The van der Waals surface area contributed by atoms with Crippen LogP contribution in [0.5, 0.6) is 0 Å². The van der Waals surface area contributed by atoms with Crippen molar-refractivity contribution in [2.75, 3.05) is 18.3 Å². The molecule has 0 bridgehead atoms. The summed E-state index contributed by atoms with van der Waals surface area (Å²) in [7, 11) is 0. The Hall–Kier alpha value is -0.380. The lowest BCUT2D eigenvalue weighted by molar-refractivity contribution is 0.171. The normalized spacial score (nSPS) is 15.5. The maximum absolute atomic E-state index is 6.03. The van der Waals surface area contributed by atoms with E-state index in [1.807, 2.05) is 12.1 Å². The molecule has 0 spiro atoms. The minimum Gasteiger partial charge on any atom is -0.399 e. The highest BCUT2D eigenvalue weighted by molar-refractivity contribution is 7.99. The van der Waals surface area contributed by atoms with E-state index >= 15 is 0 Å². The van der Waals surface area contributed by atoms with Crippen LogP contribution in [0.1, 0.15) is 12.8 Å². The van der Waals surface area contributed by atoms with E-state index in [4.69, 9.17) is 22.1 Å². The SMILES string of the molecule is Nc1ccc(SCOCC2CC2)c(Cl)c1. The molecule has 0 radical (unpaired) electrons. The Kier molecular flexibility index (Phi) is 3.78. The molecule has 2 rings (SSSR count). The summed E-state index contributed by atoms with van der Waals surface area (Å²) in [6.45, 7) is 0.888. The Morgan fingerprint density at radius 2 is 2.27 bits per heavy atom. The molecule has 1 saturated carbocycles. The van der Waals surface area contributed by atoms with Gasteiger partial charge in [-0.15, -0.1) is 0 Å². The quantitative estimate of drug-likeness (QED) is 0.373. The Bertz CT molecular complexity index is 341. The summed E-state index contributed by atoms with van der Waals surface area (Å²) in [4.78, 5) is 1.03. The molecular formula is C11H14ClNOS. The first-order valence-electron chi connectivity index (χ1n) is 5.01. The molecule has 0 saturated heterocycles. The largest absolute Gasteiger partial charge is 0.399 e. The number of ether oxygens (including phenoxy) is 1. The summed E-state index contributed by atoms with van der Waals surface area (Å²) in [5, 5.41) is 0.704. The van der Waals surface area contributed by atoms with Crippen molar-refractivity contribution >= 4 is 29.1 Å². The molecule has 2 N–H and O–H groups in total. The molecule has 1 aliphatic carbocycles. The lowest BCUT2D eigenvalue weighted by atomic mass is 10.3. The minimum absolute atomic E-state index is 0.667. The average molecular weight is 244 g/mol. The molecule has 1 aromatic carbocycles. The van der Waals surface area contributed by atoms with Crippen LogP contribution in [0.3, 0.4) is 0 Å². The fourth-order valence-electron chi connectivity index (χ4n) is 1.24. The number of nitrogens with two attached hydrogens (primary N) is 1. The molecule has 1 aliphatic rings. The van der Waals surface area contributed by atoms with Gasteiger partial charge in [-0.05, 0) is 37.0 Å². The first kappa shape index (κ1) is 11.1. The lowest BCUT2D eigenvalue weighted by Crippen LogP contribution is -1.95. The number of halogens is 1. The fourth-order valence-corrected chi connectivity index (χ4v) is 2.26. The molecule has 0 aliphatic heterocycles. The van der Waals surface area contributed by atoms with Gasteiger partial charge < -0.3 is 10.5 Å². The van der Waals surface area contributed by atoms with Gasteiger partial charge in [0.2, 0.25) is 0 Å². The van der Waals surface area contributed by atoms with Crippen LogP contribution in [0.15, 0.2) is 23.1 Å². The fraction of sp³-hybridized carbons (Fsp3) is 0.455. The summed E-state index contributed by atoms with van der Waals surface area (Å²) >= 11 is 7.64. The van der Waals surface area contributed by atoms with Gasteiger partial charge in [0.25, 0.3) is 0 Å². The highest BCUT2D eigenvalue weighted by Gasteiger charge is 2.20. The Labute approximate surface area is 99.1 Å². The molecule has 15 heavy (non-hydrogen) atoms. The number of thioether (sulfide) groups is 1. The molecule has 0 heterocycles. The molecule has 0 amide bonds. The Morgan fingerprint density at radius 3 is 2.93 bits per heavy atom. The number of rotatable bonds is 5. The molecule has 4 heteroatoms. The highest BCUT2D eigenvalue weighted by Crippen LogP contribution is 2.31. The van der Waals surface area contributed by atoms with Gasteiger partial charge in [0.15, 0.2) is 0 Å². The Balaban J connectivity index is 1.76. The second-order valence-corrected chi connectivity index (χ2v) is 5.14. The van der Waals surface area contributed by atoms with Crippen LogP contribution in [-0.2, 0) is 4.74 Å². The van der Waals surface area contributed by atoms with Crippen molar-refractivity contribution in [1.29, 1.82) is 0 Å². The van der Waals surface area contributed by atoms with Crippen LogP contribution in [-0.4, -0.2) is 12.5 Å². The van der Waals surface area contributed by atoms with Gasteiger partial charge in [0.1, 0.15) is 0 Å². The lowest BCUT2D eigenvalue weighted by Gasteiger charge is -2.05. The smallest absolute Gasteiger partial charge is 0.0967 e. The zero-order chi connectivity index (χ0) is 10.7. The van der Waals surface area contributed by atoms with Crippen LogP contribution >= 0.6 is 23.4 Å². The second-order valence-electron chi connectivity index (χ2n) is 3.77. The number of nitrogen functional groups attached to an aromatic ring is 1. The predicted molar refractivity (Wildman–Crippen MR) is 65.3 cm³/mol. The van der Waals surface area contributed by atoms with E-state index in [0.717, 1.165) is 17.4 Å². The van der Waals surface area contributed by atoms with E-state index in [1.54, 1.807) is 17.8 Å². The van der Waals surface area contributed by atoms with E-state index in [-0.39, 0.29) is 0 Å². The van der Waals surface area contributed by atoms with E-state index < -0.39 is 0 Å². The first-order chi connectivity index (χ1) is 7.25. The van der Waals surface area contributed by atoms with Crippen molar-refractivity contribution in [3.63, 3.8) is 0 Å². The Morgan fingerprint density at radius 1 is 1.47 bits per heavy atom. The molecule has 0 aromatic heterocycles. The predicted octanol–water partition coefficient (Wildman–Crippen LogP) is 3.40. The maximum atomic E-state index is 6.03. The molecule has 0 unspecified atom stereocenters. The van der Waals surface area contributed by atoms with Crippen molar-refractivity contribution in [2.45, 2.75) is 17.7 Å². The maximum Gasteiger partial charge on any atom is 0.0967 e. The van der Waals surface area contributed by atoms with Gasteiger partial charge in [-0.3, -0.25) is 0 Å². The summed E-state index contributed by atoms with van der Waals surface area (Å²) in [6.07, 6.45) is 2.65. The van der Waals surface area contributed by atoms with Gasteiger partial charge in [0.05, 0.1) is 17.6 Å². The number of benzene rings is 1. The number of anilines is 1. The molecule has 1 fully saturated rings. The van der Waals surface area contributed by atoms with Crippen molar-refractivity contribution in [2.24, 2.45) is 5.92 Å². The molecule has 0 atom stereocenters. The second kappa shape index (κ2) is 5.10. The van der Waals surface area contributed by atoms with E-state index in [0.29, 0.717) is 16.6 Å². The van der Waals surface area contributed by atoms with E-state index in [9.17, 15) is 0 Å². The average Bonchev–Trinajstić information content (AvgIpc) is 2.99. The van der Waals surface area contributed by atoms with Crippen molar-refractivity contribution < 1.29 is 4.74 Å². The topological polar surface area (TPSA) is 35.2 Å². The molecule has 1 aromatic rings. The third-order valence-corrected chi connectivity index (χ3v) is 3.68. The number of hydrogen-bond acceptors (Lipinski definition) is 3. The standard InChI is InChI=1S/C11H14ClNOS/c12-10-5-9(13)3-4-11(10)15-7-14-6-8-1-2-8/h3-5,8H,1-2,6-7,13H2. The third-order valence-electron chi connectivity index (χ3n) is 2.30. The van der Waals surface area contributed by atoms with Gasteiger partial charge in [-0.2, -0.15) is 0 Å². The van der Waals surface area contributed by atoms with Crippen LogP contribution in [0.2, 0.25) is 5.02 Å². The van der Waals surface area contributed by atoms with Gasteiger partial charge in [-0.25, -0.2) is 0 Å². The first-order valence-corrected chi connectivity index (χ1v) is 6.37. The van der Waals surface area contributed by atoms with Crippen molar-refractivity contribution in [3.8, 4) is 0 Å². The summed E-state index contributed by atoms with van der Waals surface area (Å²) in [5.74, 6) is 1.48. The minimum atomic E-state index is 0.667. The van der Waals surface area contributed by atoms with E-state index in [1.165, 1.54) is 12.8 Å². The zero-order valence-electron chi connectivity index (χ0n) is 8.41. The van der Waals surface area contributed by atoms with Crippen LogP contribution in [0, 0.1) is 5.92 Å². The van der Waals surface area contributed by atoms with Crippen LogP contribution < -0.4 is 5.73 Å². The summed E-state index contributed by atoms with van der Waals surface area (Å²) in [6, 6.07) is 5.56. The van der Waals surface area contributed by atoms with Crippen LogP contribution in [0.25, 0.3) is 0 Å². The monoisotopic (exact) mass is 243 g/mol. The molecule has 82 valence electrons. The number of hydrogen-bond donors (Lipinski definition) is 1. The molecular weight excluding hydrogens is 230 g/mol.